The van der Waals surface area contributed by atoms with Crippen LogP contribution in [0.5, 0.6) is 0 Å². The summed E-state index contributed by atoms with van der Waals surface area (Å²) in [7, 11) is 1.57. The summed E-state index contributed by atoms with van der Waals surface area (Å²) < 4.78 is 0. The molecule has 0 saturated carbocycles. The number of hydrogen-bond acceptors (Lipinski definition) is 4. The molecule has 0 aromatic carbocycles. The number of amides is 1. The first-order valence-corrected chi connectivity index (χ1v) is 4.46. The molecule has 1 aromatic heterocycles. The summed E-state index contributed by atoms with van der Waals surface area (Å²) >= 11 is 5.80. The maximum atomic E-state index is 11.2. The van der Waals surface area contributed by atoms with Crippen LogP contribution in [0.25, 0.3) is 0 Å². The molecule has 1 heterocycles. The fourth-order valence-corrected chi connectivity index (χ4v) is 1.07. The van der Waals surface area contributed by atoms with E-state index in [9.17, 15) is 4.79 Å². The van der Waals surface area contributed by atoms with Crippen molar-refractivity contribution in [3.05, 3.63) is 17.5 Å². The molecule has 1 amide bonds. The molecular weight excluding hydrogens is 204 g/mol. The average Bonchev–Trinajstić information content (AvgIpc) is 2.20. The van der Waals surface area contributed by atoms with Gasteiger partial charge in [0, 0.05) is 7.05 Å². The molecule has 14 heavy (non-hydrogen) atoms. The van der Waals surface area contributed by atoms with Crippen molar-refractivity contribution >= 4 is 23.3 Å². The predicted octanol–water partition coefficient (Wildman–Crippen LogP) is 0.676. The zero-order valence-corrected chi connectivity index (χ0v) is 8.67. The smallest absolute Gasteiger partial charge is 0.241 e. The lowest BCUT2D eigenvalue weighted by Crippen LogP contribution is -2.35. The second-order valence-electron chi connectivity index (χ2n) is 2.70. The molecule has 0 saturated heterocycles. The van der Waals surface area contributed by atoms with Crippen LogP contribution >= 0.6 is 11.6 Å². The van der Waals surface area contributed by atoms with Gasteiger partial charge in [0.1, 0.15) is 23.2 Å². The second-order valence-corrected chi connectivity index (χ2v) is 3.11. The van der Waals surface area contributed by atoms with E-state index in [1.54, 1.807) is 14.0 Å². The Kier molecular flexibility index (Phi) is 3.64. The van der Waals surface area contributed by atoms with Gasteiger partial charge in [0.05, 0.1) is 6.20 Å². The normalized spacial score (nSPS) is 11.9. The predicted molar refractivity (Wildman–Crippen MR) is 54.2 cm³/mol. The van der Waals surface area contributed by atoms with Crippen LogP contribution in [-0.4, -0.2) is 29.0 Å². The van der Waals surface area contributed by atoms with Gasteiger partial charge >= 0.3 is 0 Å². The van der Waals surface area contributed by atoms with Crippen molar-refractivity contribution in [2.45, 2.75) is 13.0 Å². The number of likely N-dealkylation sites (N-methyl/N-ethyl adjacent to an activating group) is 1. The number of nitrogens with one attached hydrogen (secondary N) is 2. The zero-order chi connectivity index (χ0) is 10.6. The van der Waals surface area contributed by atoms with Gasteiger partial charge in [-0.2, -0.15) is 0 Å². The summed E-state index contributed by atoms with van der Waals surface area (Å²) in [6, 6.07) is -0.382. The molecule has 0 aliphatic rings. The van der Waals surface area contributed by atoms with E-state index < -0.39 is 0 Å². The Bertz CT molecular complexity index is 331. The fourth-order valence-electron chi connectivity index (χ4n) is 0.906. The fraction of sp³-hybridized carbons (Fsp3) is 0.375. The molecule has 1 atom stereocenters. The third kappa shape index (κ3) is 2.56. The lowest BCUT2D eigenvalue weighted by Gasteiger charge is -2.12. The van der Waals surface area contributed by atoms with Crippen molar-refractivity contribution < 1.29 is 4.79 Å². The molecule has 2 N–H and O–H groups in total. The zero-order valence-electron chi connectivity index (χ0n) is 7.91. The quantitative estimate of drug-likeness (QED) is 0.777. The molecule has 76 valence electrons. The first-order chi connectivity index (χ1) is 6.65. The monoisotopic (exact) mass is 214 g/mol. The highest BCUT2D eigenvalue weighted by atomic mass is 35.5. The first-order valence-electron chi connectivity index (χ1n) is 4.08. The summed E-state index contributed by atoms with van der Waals surface area (Å²) in [5.74, 6) is 0.331. The Morgan fingerprint density at radius 1 is 1.64 bits per heavy atom. The second kappa shape index (κ2) is 4.76. The Morgan fingerprint density at radius 2 is 2.36 bits per heavy atom. The highest BCUT2D eigenvalue weighted by molar-refractivity contribution is 6.32. The SMILES string of the molecule is CNC(=O)C(C)Nc1ncncc1Cl. The van der Waals surface area contributed by atoms with Gasteiger partial charge < -0.3 is 10.6 Å². The molecule has 0 spiro atoms. The third-order valence-electron chi connectivity index (χ3n) is 1.66. The Labute approximate surface area is 86.9 Å². The summed E-state index contributed by atoms with van der Waals surface area (Å²) in [5.41, 5.74) is 0. The lowest BCUT2D eigenvalue weighted by molar-refractivity contribution is -0.121. The van der Waals surface area contributed by atoms with Crippen LogP contribution in [-0.2, 0) is 4.79 Å². The minimum Gasteiger partial charge on any atom is -0.357 e. The molecule has 1 rings (SSSR count). The van der Waals surface area contributed by atoms with Gasteiger partial charge in [-0.3, -0.25) is 4.79 Å². The number of carbonyl (C=O) groups excluding carboxylic acids is 1. The van der Waals surface area contributed by atoms with E-state index in [-0.39, 0.29) is 11.9 Å². The van der Waals surface area contributed by atoms with E-state index in [0.29, 0.717) is 10.8 Å². The highest BCUT2D eigenvalue weighted by Crippen LogP contribution is 2.16. The van der Waals surface area contributed by atoms with Gasteiger partial charge in [0.25, 0.3) is 0 Å². The van der Waals surface area contributed by atoms with Gasteiger partial charge in [0.15, 0.2) is 0 Å². The summed E-state index contributed by atoms with van der Waals surface area (Å²) in [6.45, 7) is 1.72. The van der Waals surface area contributed by atoms with Crippen LogP contribution in [0.1, 0.15) is 6.92 Å². The van der Waals surface area contributed by atoms with Crippen molar-refractivity contribution in [2.24, 2.45) is 0 Å². The minimum absolute atomic E-state index is 0.125. The maximum absolute atomic E-state index is 11.2. The Balaban J connectivity index is 2.69. The first kappa shape index (κ1) is 10.7. The van der Waals surface area contributed by atoms with Gasteiger partial charge in [-0.15, -0.1) is 0 Å². The van der Waals surface area contributed by atoms with E-state index in [0.717, 1.165) is 0 Å². The third-order valence-corrected chi connectivity index (χ3v) is 1.94. The number of carbonyl (C=O) groups is 1. The summed E-state index contributed by atoms with van der Waals surface area (Å²) in [5, 5.41) is 5.77. The Morgan fingerprint density at radius 3 is 2.93 bits per heavy atom. The van der Waals surface area contributed by atoms with E-state index >= 15 is 0 Å². The van der Waals surface area contributed by atoms with Crippen LogP contribution in [0.3, 0.4) is 0 Å². The molecule has 1 aromatic rings. The van der Waals surface area contributed by atoms with E-state index in [1.807, 2.05) is 0 Å². The van der Waals surface area contributed by atoms with Crippen LogP contribution in [0.2, 0.25) is 5.02 Å². The minimum atomic E-state index is -0.382. The van der Waals surface area contributed by atoms with Gasteiger partial charge in [-0.25, -0.2) is 9.97 Å². The number of hydrogen-bond donors (Lipinski definition) is 2. The summed E-state index contributed by atoms with van der Waals surface area (Å²) in [4.78, 5) is 18.8. The molecule has 0 aliphatic carbocycles. The van der Waals surface area contributed by atoms with Crippen molar-refractivity contribution in [2.75, 3.05) is 12.4 Å². The molecule has 0 aliphatic heterocycles. The average molecular weight is 215 g/mol. The van der Waals surface area contributed by atoms with Crippen LogP contribution < -0.4 is 10.6 Å². The maximum Gasteiger partial charge on any atom is 0.241 e. The van der Waals surface area contributed by atoms with Crippen molar-refractivity contribution in [1.82, 2.24) is 15.3 Å². The van der Waals surface area contributed by atoms with Gasteiger partial charge in [0.2, 0.25) is 5.91 Å². The van der Waals surface area contributed by atoms with Gasteiger partial charge in [-0.1, -0.05) is 11.6 Å². The molecule has 6 heteroatoms. The number of halogens is 1. The number of rotatable bonds is 3. The van der Waals surface area contributed by atoms with Crippen molar-refractivity contribution in [3.8, 4) is 0 Å². The highest BCUT2D eigenvalue weighted by Gasteiger charge is 2.12. The molecule has 1 unspecified atom stereocenters. The Hall–Kier alpha value is -1.36. The molecule has 5 nitrogen and oxygen atoms in total. The lowest BCUT2D eigenvalue weighted by atomic mass is 10.3. The van der Waals surface area contributed by atoms with Crippen LogP contribution in [0.4, 0.5) is 5.82 Å². The van der Waals surface area contributed by atoms with Crippen molar-refractivity contribution in [1.29, 1.82) is 0 Å². The standard InChI is InChI=1S/C8H11ClN4O/c1-5(8(14)10-2)13-7-6(9)3-11-4-12-7/h3-5H,1-2H3,(H,10,14)(H,11,12,13). The molecule has 0 fully saturated rings. The van der Waals surface area contributed by atoms with E-state index in [2.05, 4.69) is 20.6 Å². The van der Waals surface area contributed by atoms with Gasteiger partial charge in [-0.05, 0) is 6.92 Å². The topological polar surface area (TPSA) is 66.9 Å². The molecular formula is C8H11ClN4O. The van der Waals surface area contributed by atoms with Crippen LogP contribution in [0, 0.1) is 0 Å². The van der Waals surface area contributed by atoms with E-state index in [1.165, 1.54) is 12.5 Å². The number of aromatic nitrogens is 2. The van der Waals surface area contributed by atoms with Crippen molar-refractivity contribution in [3.63, 3.8) is 0 Å². The van der Waals surface area contributed by atoms with Crippen LogP contribution in [0.15, 0.2) is 12.5 Å². The summed E-state index contributed by atoms with van der Waals surface area (Å²) in [6.07, 6.45) is 2.83. The molecule has 0 radical (unpaired) electrons. The van der Waals surface area contributed by atoms with E-state index in [4.69, 9.17) is 11.6 Å². The largest absolute Gasteiger partial charge is 0.357 e. The number of anilines is 1. The number of nitrogens with zero attached hydrogens (tertiary/aromatic N) is 2. The molecule has 0 bridgehead atoms.